The molecule has 126 valence electrons. The molecule has 0 unspecified atom stereocenters. The average molecular weight is 461 g/mol. The Morgan fingerprint density at radius 2 is 2.08 bits per heavy atom. The highest BCUT2D eigenvalue weighted by atomic mass is 127. The molecule has 24 heavy (non-hydrogen) atoms. The summed E-state index contributed by atoms with van der Waals surface area (Å²) in [5.41, 5.74) is 1.28. The van der Waals surface area contributed by atoms with E-state index in [0.717, 1.165) is 3.57 Å². The zero-order valence-electron chi connectivity index (χ0n) is 12.6. The smallest absolute Gasteiger partial charge is 0.262 e. The van der Waals surface area contributed by atoms with Crippen molar-refractivity contribution < 1.29 is 19.5 Å². The normalized spacial score (nSPS) is 10.6. The van der Waals surface area contributed by atoms with Crippen LogP contribution < -0.4 is 14.8 Å². The van der Waals surface area contributed by atoms with E-state index in [1.165, 1.54) is 13.3 Å². The molecule has 0 fully saturated rings. The van der Waals surface area contributed by atoms with Crippen molar-refractivity contribution in [2.45, 2.75) is 0 Å². The number of hydrogen-bond acceptors (Lipinski definition) is 5. The standard InChI is InChI=1S/C16H14ClIN2O4/c1-23-14-7-10(8-19-22)6-13(18)16(14)24-9-15(21)20-12-4-2-11(17)3-5-12/h2-8,22H,9H2,1H3,(H,20,21)/b19-8-. The van der Waals surface area contributed by atoms with Crippen molar-refractivity contribution in [3.8, 4) is 11.5 Å². The molecule has 2 aromatic carbocycles. The first-order chi connectivity index (χ1) is 11.5. The van der Waals surface area contributed by atoms with Crippen LogP contribution in [0.3, 0.4) is 0 Å². The Labute approximate surface area is 157 Å². The van der Waals surface area contributed by atoms with E-state index in [1.54, 1.807) is 36.4 Å². The van der Waals surface area contributed by atoms with Gasteiger partial charge in [-0.2, -0.15) is 0 Å². The minimum atomic E-state index is -0.309. The number of carbonyl (C=O) groups is 1. The van der Waals surface area contributed by atoms with Gasteiger partial charge in [-0.15, -0.1) is 0 Å². The van der Waals surface area contributed by atoms with E-state index in [4.69, 9.17) is 26.3 Å². The van der Waals surface area contributed by atoms with Crippen molar-refractivity contribution in [3.05, 3.63) is 50.6 Å². The molecule has 0 atom stereocenters. The second kappa shape index (κ2) is 8.74. The van der Waals surface area contributed by atoms with E-state index in [0.29, 0.717) is 27.8 Å². The molecule has 8 heteroatoms. The minimum absolute atomic E-state index is 0.178. The van der Waals surface area contributed by atoms with Crippen LogP contribution in [0.25, 0.3) is 0 Å². The summed E-state index contributed by atoms with van der Waals surface area (Å²) in [5.74, 6) is 0.576. The molecule has 1 amide bonds. The first-order valence-corrected chi connectivity index (χ1v) is 8.22. The Bertz CT molecular complexity index is 750. The number of ether oxygens (including phenoxy) is 2. The summed E-state index contributed by atoms with van der Waals surface area (Å²) < 4.78 is 11.6. The van der Waals surface area contributed by atoms with Crippen LogP contribution in [0.15, 0.2) is 41.6 Å². The van der Waals surface area contributed by atoms with Crippen LogP contribution in [0.2, 0.25) is 5.02 Å². The lowest BCUT2D eigenvalue weighted by molar-refractivity contribution is -0.118. The Morgan fingerprint density at radius 1 is 1.38 bits per heavy atom. The van der Waals surface area contributed by atoms with Crippen molar-refractivity contribution in [3.63, 3.8) is 0 Å². The monoisotopic (exact) mass is 460 g/mol. The average Bonchev–Trinajstić information content (AvgIpc) is 2.56. The lowest BCUT2D eigenvalue weighted by Gasteiger charge is -2.13. The Hall–Kier alpha value is -2.00. The summed E-state index contributed by atoms with van der Waals surface area (Å²) in [5, 5.41) is 14.9. The van der Waals surface area contributed by atoms with Gasteiger partial charge < -0.3 is 20.0 Å². The number of nitrogens with one attached hydrogen (secondary N) is 1. The Morgan fingerprint density at radius 3 is 2.71 bits per heavy atom. The molecule has 0 aromatic heterocycles. The molecular weight excluding hydrogens is 447 g/mol. The number of amides is 1. The molecule has 0 aliphatic rings. The molecular formula is C16H14ClIN2O4. The highest BCUT2D eigenvalue weighted by Crippen LogP contribution is 2.33. The Balaban J connectivity index is 2.05. The third-order valence-electron chi connectivity index (χ3n) is 2.93. The zero-order chi connectivity index (χ0) is 17.5. The minimum Gasteiger partial charge on any atom is -0.493 e. The molecule has 0 aliphatic heterocycles. The number of anilines is 1. The fourth-order valence-corrected chi connectivity index (χ4v) is 2.80. The van der Waals surface area contributed by atoms with Crippen LogP contribution in [0, 0.1) is 3.57 Å². The van der Waals surface area contributed by atoms with Gasteiger partial charge in [0.05, 0.1) is 16.9 Å². The lowest BCUT2D eigenvalue weighted by Crippen LogP contribution is -2.20. The van der Waals surface area contributed by atoms with Crippen LogP contribution in [0.4, 0.5) is 5.69 Å². The van der Waals surface area contributed by atoms with Gasteiger partial charge in [0.25, 0.3) is 5.91 Å². The quantitative estimate of drug-likeness (QED) is 0.298. The molecule has 0 spiro atoms. The van der Waals surface area contributed by atoms with Gasteiger partial charge in [-0.05, 0) is 59.0 Å². The summed E-state index contributed by atoms with van der Waals surface area (Å²) in [4.78, 5) is 12.0. The molecule has 0 saturated carbocycles. The number of benzene rings is 2. The van der Waals surface area contributed by atoms with Crippen LogP contribution in [-0.2, 0) is 4.79 Å². The van der Waals surface area contributed by atoms with E-state index in [9.17, 15) is 4.79 Å². The number of rotatable bonds is 6. The fraction of sp³-hybridized carbons (Fsp3) is 0.125. The molecule has 0 saturated heterocycles. The number of methoxy groups -OCH3 is 1. The topological polar surface area (TPSA) is 80.2 Å². The number of halogens is 2. The van der Waals surface area contributed by atoms with Crippen LogP contribution in [0.5, 0.6) is 11.5 Å². The summed E-state index contributed by atoms with van der Waals surface area (Å²) in [6, 6.07) is 10.2. The van der Waals surface area contributed by atoms with E-state index in [1.807, 2.05) is 0 Å². The molecule has 0 heterocycles. The van der Waals surface area contributed by atoms with Crippen molar-refractivity contribution in [1.82, 2.24) is 0 Å². The summed E-state index contributed by atoms with van der Waals surface area (Å²) in [6.45, 7) is -0.178. The lowest BCUT2D eigenvalue weighted by atomic mass is 10.2. The third-order valence-corrected chi connectivity index (χ3v) is 3.99. The molecule has 2 rings (SSSR count). The van der Waals surface area contributed by atoms with E-state index < -0.39 is 0 Å². The van der Waals surface area contributed by atoms with E-state index in [2.05, 4.69) is 33.1 Å². The van der Waals surface area contributed by atoms with E-state index >= 15 is 0 Å². The van der Waals surface area contributed by atoms with Gasteiger partial charge in [-0.1, -0.05) is 16.8 Å². The second-order valence-corrected chi connectivity index (χ2v) is 6.22. The number of nitrogens with zero attached hydrogens (tertiary/aromatic N) is 1. The number of oxime groups is 1. The van der Waals surface area contributed by atoms with Crippen molar-refractivity contribution in [2.24, 2.45) is 5.16 Å². The van der Waals surface area contributed by atoms with Gasteiger partial charge in [0.15, 0.2) is 18.1 Å². The predicted octanol–water partition coefficient (Wildman–Crippen LogP) is 3.78. The summed E-state index contributed by atoms with van der Waals surface area (Å²) in [6.07, 6.45) is 1.28. The maximum Gasteiger partial charge on any atom is 0.262 e. The maximum absolute atomic E-state index is 12.0. The summed E-state index contributed by atoms with van der Waals surface area (Å²) in [7, 11) is 1.49. The number of carbonyl (C=O) groups excluding carboxylic acids is 1. The van der Waals surface area contributed by atoms with Gasteiger partial charge in [-0.3, -0.25) is 4.79 Å². The first-order valence-electron chi connectivity index (χ1n) is 6.76. The maximum atomic E-state index is 12.0. The van der Waals surface area contributed by atoms with Crippen LogP contribution in [0.1, 0.15) is 5.56 Å². The van der Waals surface area contributed by atoms with Crippen molar-refractivity contribution >= 4 is 52.0 Å². The van der Waals surface area contributed by atoms with Gasteiger partial charge >= 0.3 is 0 Å². The molecule has 0 bridgehead atoms. The number of hydrogen-bond donors (Lipinski definition) is 2. The Kier molecular flexibility index (Phi) is 6.68. The van der Waals surface area contributed by atoms with Crippen molar-refractivity contribution in [1.29, 1.82) is 0 Å². The molecule has 0 aliphatic carbocycles. The van der Waals surface area contributed by atoms with E-state index in [-0.39, 0.29) is 12.5 Å². The predicted molar refractivity (Wildman–Crippen MR) is 101 cm³/mol. The summed E-state index contributed by atoms with van der Waals surface area (Å²) >= 11 is 7.85. The second-order valence-electron chi connectivity index (χ2n) is 4.62. The van der Waals surface area contributed by atoms with Crippen molar-refractivity contribution in [2.75, 3.05) is 19.0 Å². The highest BCUT2D eigenvalue weighted by molar-refractivity contribution is 14.1. The molecule has 2 N–H and O–H groups in total. The highest BCUT2D eigenvalue weighted by Gasteiger charge is 2.13. The van der Waals surface area contributed by atoms with Crippen LogP contribution >= 0.6 is 34.2 Å². The van der Waals surface area contributed by atoms with Gasteiger partial charge in [0, 0.05) is 16.3 Å². The third kappa shape index (κ3) is 5.00. The van der Waals surface area contributed by atoms with Crippen LogP contribution in [-0.4, -0.2) is 31.0 Å². The largest absolute Gasteiger partial charge is 0.493 e. The molecule has 2 aromatic rings. The van der Waals surface area contributed by atoms with Gasteiger partial charge in [0.1, 0.15) is 0 Å². The molecule has 6 nitrogen and oxygen atoms in total. The molecule has 0 radical (unpaired) electrons. The fourth-order valence-electron chi connectivity index (χ4n) is 1.89. The van der Waals surface area contributed by atoms with Gasteiger partial charge in [0.2, 0.25) is 0 Å². The van der Waals surface area contributed by atoms with Gasteiger partial charge in [-0.25, -0.2) is 0 Å². The SMILES string of the molecule is COc1cc(/C=N\O)cc(I)c1OCC(=O)Nc1ccc(Cl)cc1. The first kappa shape index (κ1) is 18.3. The zero-order valence-corrected chi connectivity index (χ0v) is 15.5.